The van der Waals surface area contributed by atoms with Crippen molar-refractivity contribution in [3.8, 4) is 0 Å². The van der Waals surface area contributed by atoms with Crippen molar-refractivity contribution in [1.29, 1.82) is 0 Å². The van der Waals surface area contributed by atoms with Gasteiger partial charge >= 0.3 is 59.1 Å². The number of phosphoric acid groups is 1. The molecule has 0 aromatic heterocycles. The van der Waals surface area contributed by atoms with E-state index in [2.05, 4.69) is 4.52 Å². The van der Waals surface area contributed by atoms with Crippen LogP contribution in [0.5, 0.6) is 0 Å². The second-order valence-electron chi connectivity index (χ2n) is 6.19. The molecule has 0 radical (unpaired) electrons. The molecule has 0 saturated carbocycles. The summed E-state index contributed by atoms with van der Waals surface area (Å²) in [5.74, 6) is -2.52. The van der Waals surface area contributed by atoms with Crippen LogP contribution in [0.2, 0.25) is 0 Å². The van der Waals surface area contributed by atoms with E-state index in [4.69, 9.17) is 4.74 Å². The van der Waals surface area contributed by atoms with Gasteiger partial charge in [-0.15, -0.1) is 0 Å². The predicted octanol–water partition coefficient (Wildman–Crippen LogP) is -10.1. The molecule has 1 rings (SSSR count). The molecule has 0 aromatic rings. The van der Waals surface area contributed by atoms with E-state index in [1.165, 1.54) is 6.92 Å². The van der Waals surface area contributed by atoms with Gasteiger partial charge in [-0.2, -0.15) is 0 Å². The molecule has 25 heavy (non-hydrogen) atoms. The Balaban J connectivity index is -0.000000551. The molecule has 5 atom stereocenters. The predicted molar refractivity (Wildman–Crippen MR) is 72.8 cm³/mol. The molecule has 11 nitrogen and oxygen atoms in total. The van der Waals surface area contributed by atoms with E-state index >= 15 is 0 Å². The molecule has 1 fully saturated rings. The van der Waals surface area contributed by atoms with Crippen LogP contribution >= 0.6 is 7.82 Å². The zero-order chi connectivity index (χ0) is 17.1. The fourth-order valence-corrected chi connectivity index (χ4v) is 3.21. The summed E-state index contributed by atoms with van der Waals surface area (Å²) >= 11 is 0. The van der Waals surface area contributed by atoms with Crippen molar-refractivity contribution in [2.75, 3.05) is 6.61 Å². The minimum Gasteiger partial charge on any atom is -0.790 e. The van der Waals surface area contributed by atoms with Gasteiger partial charge in [0.2, 0.25) is 5.79 Å². The van der Waals surface area contributed by atoms with E-state index in [9.17, 15) is 34.8 Å². The molecule has 0 aromatic carbocycles. The fraction of sp³-hybridized carbons (Fsp3) is 1.00. The quantitative estimate of drug-likeness (QED) is 0.255. The van der Waals surface area contributed by atoms with Crippen molar-refractivity contribution in [2.45, 2.75) is 62.8 Å². The van der Waals surface area contributed by atoms with Gasteiger partial charge in [-0.05, 0) is 34.6 Å². The molecule has 0 amide bonds. The van der Waals surface area contributed by atoms with E-state index in [-0.39, 0.29) is 70.1 Å². The summed E-state index contributed by atoms with van der Waals surface area (Å²) in [5, 5.41) is 41.0. The minimum atomic E-state index is -5.60. The monoisotopic (exact) mass is 410 g/mol. The van der Waals surface area contributed by atoms with E-state index in [1.54, 1.807) is 0 Å². The molecule has 1 heterocycles. The second-order valence-corrected chi connectivity index (χ2v) is 7.27. The number of rotatable bonds is 3. The molecule has 2 unspecified atom stereocenters. The van der Waals surface area contributed by atoms with Crippen molar-refractivity contribution in [3.05, 3.63) is 0 Å². The number of ether oxygens (including phenoxy) is 1. The molecule has 8 N–H and O–H groups in total. The van der Waals surface area contributed by atoms with Crippen LogP contribution in [0.4, 0.5) is 0 Å². The first-order chi connectivity index (χ1) is 8.97. The SMILES string of the molecule is CC1(O)[C@@](C)(OP(=O)([O-])[O-])OC(C)(CO)[C@@](C)(O)[C@@]1(C)O.O.O.[Na+].[Na+]. The largest absolute Gasteiger partial charge is 1.00 e. The molecule has 1 aliphatic rings. The summed E-state index contributed by atoms with van der Waals surface area (Å²) in [7, 11) is -5.60. The van der Waals surface area contributed by atoms with Crippen LogP contribution in [0.25, 0.3) is 0 Å². The van der Waals surface area contributed by atoms with Crippen LogP contribution in [0, 0.1) is 0 Å². The standard InChI is InChI=1S/C11H23O9P.2Na.2H2O/c1-7(6-12)8(2,13)9(3,14)10(4,15)11(5,19-7)20-21(16,17)18;;;;/h12-15H,6H2,1-5H3,(H2,16,17,18);;;2*1H2/q;2*+1;;/p-2/t7?,8-,9-,10?,11-;;;;/m1..../s1. The Morgan fingerprint density at radius 3 is 1.56 bits per heavy atom. The molecule has 14 heteroatoms. The van der Waals surface area contributed by atoms with Crippen LogP contribution < -0.4 is 68.9 Å². The maximum Gasteiger partial charge on any atom is 1.00 e. The van der Waals surface area contributed by atoms with Gasteiger partial charge < -0.3 is 55.0 Å². The first-order valence-corrected chi connectivity index (χ1v) is 7.64. The topological polar surface area (TPSA) is 226 Å². The molecule has 142 valence electrons. The summed E-state index contributed by atoms with van der Waals surface area (Å²) in [6.45, 7) is 4.34. The van der Waals surface area contributed by atoms with E-state index in [0.29, 0.717) is 0 Å². The van der Waals surface area contributed by atoms with Gasteiger partial charge in [0.15, 0.2) is 0 Å². The number of phosphoric ester groups is 1. The number of aliphatic hydroxyl groups excluding tert-OH is 1. The molecule has 1 aliphatic heterocycles. The van der Waals surface area contributed by atoms with Crippen molar-refractivity contribution in [3.63, 3.8) is 0 Å². The summed E-state index contributed by atoms with van der Waals surface area (Å²) in [6.07, 6.45) is 0. The van der Waals surface area contributed by atoms with Gasteiger partial charge in [0, 0.05) is 0 Å². The van der Waals surface area contributed by atoms with Crippen molar-refractivity contribution in [1.82, 2.24) is 0 Å². The smallest absolute Gasteiger partial charge is 0.790 e. The Labute approximate surface area is 190 Å². The third-order valence-corrected chi connectivity index (χ3v) is 5.39. The third kappa shape index (κ3) is 5.26. The Bertz CT molecular complexity index is 481. The average Bonchev–Trinajstić information content (AvgIpc) is 2.23. The van der Waals surface area contributed by atoms with Crippen LogP contribution in [0.3, 0.4) is 0 Å². The van der Waals surface area contributed by atoms with Gasteiger partial charge in [-0.3, -0.25) is 0 Å². The zero-order valence-corrected chi connectivity index (χ0v) is 20.4. The summed E-state index contributed by atoms with van der Waals surface area (Å²) in [4.78, 5) is 21.8. The van der Waals surface area contributed by atoms with Crippen LogP contribution in [-0.2, 0) is 13.8 Å². The molecular weight excluding hydrogens is 385 g/mol. The average molecular weight is 410 g/mol. The normalized spacial score (nSPS) is 43.6. The first kappa shape index (κ1) is 34.3. The second kappa shape index (κ2) is 9.55. The Morgan fingerprint density at radius 1 is 0.920 bits per heavy atom. The van der Waals surface area contributed by atoms with Gasteiger partial charge in [-0.25, -0.2) is 0 Å². The van der Waals surface area contributed by atoms with Crippen LogP contribution in [-0.4, -0.2) is 66.2 Å². The maximum atomic E-state index is 10.9. The van der Waals surface area contributed by atoms with Crippen LogP contribution in [0.15, 0.2) is 0 Å². The maximum absolute atomic E-state index is 10.9. The van der Waals surface area contributed by atoms with Crippen LogP contribution in [0.1, 0.15) is 34.6 Å². The van der Waals surface area contributed by atoms with E-state index in [1.807, 2.05) is 0 Å². The Kier molecular flexibility index (Phi) is 13.1. The fourth-order valence-electron chi connectivity index (χ4n) is 2.57. The minimum absolute atomic E-state index is 0. The number of hydrogen-bond acceptors (Lipinski definition) is 9. The number of aliphatic hydroxyl groups is 4. The van der Waals surface area contributed by atoms with Gasteiger partial charge in [0.25, 0.3) is 0 Å². The molecule has 0 spiro atoms. The van der Waals surface area contributed by atoms with Gasteiger partial charge in [-0.1, -0.05) is 0 Å². The molecule has 0 bridgehead atoms. The van der Waals surface area contributed by atoms with Crippen molar-refractivity contribution in [2.24, 2.45) is 0 Å². The molecular formula is C11H25Na2O11P. The van der Waals surface area contributed by atoms with Gasteiger partial charge in [0.05, 0.1) is 14.4 Å². The summed E-state index contributed by atoms with van der Waals surface area (Å²) in [5.41, 5.74) is -9.00. The zero-order valence-electron chi connectivity index (χ0n) is 15.5. The summed E-state index contributed by atoms with van der Waals surface area (Å²) < 4.78 is 20.5. The van der Waals surface area contributed by atoms with Crippen molar-refractivity contribution < 1.29 is 114 Å². The number of hydrogen-bond donors (Lipinski definition) is 4. The summed E-state index contributed by atoms with van der Waals surface area (Å²) in [6, 6.07) is 0. The molecule has 0 aliphatic carbocycles. The first-order valence-electron chi connectivity index (χ1n) is 6.18. The van der Waals surface area contributed by atoms with Gasteiger partial charge in [0.1, 0.15) is 22.4 Å². The third-order valence-electron chi connectivity index (χ3n) is 4.82. The van der Waals surface area contributed by atoms with Crippen molar-refractivity contribution >= 4 is 7.82 Å². The Morgan fingerprint density at radius 2 is 1.28 bits per heavy atom. The van der Waals surface area contributed by atoms with E-state index in [0.717, 1.165) is 27.7 Å². The van der Waals surface area contributed by atoms with E-state index < -0.39 is 42.6 Å². The Hall–Kier alpha value is 1.83. The molecule has 1 saturated heterocycles.